The van der Waals surface area contributed by atoms with Crippen molar-refractivity contribution in [2.75, 3.05) is 5.32 Å². The maximum atomic E-state index is 12.0. The molecule has 0 aliphatic heterocycles. The second-order valence-corrected chi connectivity index (χ2v) is 5.19. The van der Waals surface area contributed by atoms with Gasteiger partial charge in [-0.3, -0.25) is 4.79 Å². The van der Waals surface area contributed by atoms with E-state index >= 15 is 0 Å². The van der Waals surface area contributed by atoms with Crippen molar-refractivity contribution in [1.82, 2.24) is 0 Å². The van der Waals surface area contributed by atoms with Crippen LogP contribution < -0.4 is 5.32 Å². The van der Waals surface area contributed by atoms with Crippen LogP contribution in [0.5, 0.6) is 0 Å². The lowest BCUT2D eigenvalue weighted by molar-refractivity contribution is -0.115. The van der Waals surface area contributed by atoms with Gasteiger partial charge in [0.1, 0.15) is 0 Å². The zero-order chi connectivity index (χ0) is 14.5. The molecule has 0 unspecified atom stereocenters. The molecule has 0 saturated carbocycles. The Morgan fingerprint density at radius 1 is 0.950 bits per heavy atom. The lowest BCUT2D eigenvalue weighted by Gasteiger charge is -2.08. The number of hydrogen-bond donors (Lipinski definition) is 1. The smallest absolute Gasteiger partial charge is 0.228 e. The molecule has 0 saturated heterocycles. The number of aryl methyl sites for hydroxylation is 3. The van der Waals surface area contributed by atoms with Gasteiger partial charge in [-0.15, -0.1) is 0 Å². The average molecular weight is 267 g/mol. The predicted octanol–water partition coefficient (Wildman–Crippen LogP) is 4.05. The highest BCUT2D eigenvalue weighted by atomic mass is 16.1. The summed E-state index contributed by atoms with van der Waals surface area (Å²) in [5.74, 6) is 0.0255. The summed E-state index contributed by atoms with van der Waals surface area (Å²) in [5, 5.41) is 2.95. The van der Waals surface area contributed by atoms with E-state index in [1.54, 1.807) is 0 Å². The van der Waals surface area contributed by atoms with Gasteiger partial charge in [-0.1, -0.05) is 37.3 Å². The minimum atomic E-state index is 0.0255. The van der Waals surface area contributed by atoms with Crippen molar-refractivity contribution in [3.63, 3.8) is 0 Å². The number of benzene rings is 2. The lowest BCUT2D eigenvalue weighted by atomic mass is 10.1. The summed E-state index contributed by atoms with van der Waals surface area (Å²) in [6.07, 6.45) is 1.44. The van der Waals surface area contributed by atoms with Crippen molar-refractivity contribution < 1.29 is 4.79 Å². The Bertz CT molecular complexity index is 599. The van der Waals surface area contributed by atoms with Gasteiger partial charge in [0.15, 0.2) is 0 Å². The van der Waals surface area contributed by atoms with Crippen LogP contribution in [0.3, 0.4) is 0 Å². The van der Waals surface area contributed by atoms with Gasteiger partial charge in [0.05, 0.1) is 6.42 Å². The number of rotatable bonds is 4. The van der Waals surface area contributed by atoms with Gasteiger partial charge in [-0.25, -0.2) is 0 Å². The monoisotopic (exact) mass is 267 g/mol. The average Bonchev–Trinajstić information content (AvgIpc) is 2.44. The lowest BCUT2D eigenvalue weighted by Crippen LogP contribution is -2.14. The zero-order valence-corrected chi connectivity index (χ0v) is 12.4. The van der Waals surface area contributed by atoms with Crippen LogP contribution in [0, 0.1) is 13.8 Å². The molecule has 104 valence electrons. The first-order valence-corrected chi connectivity index (χ1v) is 7.03. The molecule has 2 aromatic carbocycles. The second kappa shape index (κ2) is 6.38. The third-order valence-electron chi connectivity index (χ3n) is 3.59. The molecule has 0 aliphatic carbocycles. The number of amides is 1. The number of carbonyl (C=O) groups excluding carboxylic acids is 1. The fourth-order valence-corrected chi connectivity index (χ4v) is 2.10. The molecule has 2 aromatic rings. The molecular weight excluding hydrogens is 246 g/mol. The molecule has 0 fully saturated rings. The molecule has 20 heavy (non-hydrogen) atoms. The van der Waals surface area contributed by atoms with Gasteiger partial charge in [0.2, 0.25) is 5.91 Å². The van der Waals surface area contributed by atoms with Crippen molar-refractivity contribution in [2.45, 2.75) is 33.6 Å². The SMILES string of the molecule is CCc1ccc(CC(=O)Nc2ccc(C)c(C)c2)cc1. The molecule has 0 bridgehead atoms. The van der Waals surface area contributed by atoms with Gasteiger partial charge >= 0.3 is 0 Å². The van der Waals surface area contributed by atoms with Crippen molar-refractivity contribution in [3.8, 4) is 0 Å². The van der Waals surface area contributed by atoms with Crippen LogP contribution in [0.2, 0.25) is 0 Å². The third kappa shape index (κ3) is 3.70. The van der Waals surface area contributed by atoms with E-state index in [0.717, 1.165) is 17.7 Å². The summed E-state index contributed by atoms with van der Waals surface area (Å²) in [6.45, 7) is 6.24. The van der Waals surface area contributed by atoms with Gasteiger partial charge in [-0.2, -0.15) is 0 Å². The van der Waals surface area contributed by atoms with Crippen LogP contribution >= 0.6 is 0 Å². The number of carbonyl (C=O) groups is 1. The quantitative estimate of drug-likeness (QED) is 0.889. The van der Waals surface area contributed by atoms with Crippen LogP contribution in [0.25, 0.3) is 0 Å². The summed E-state index contributed by atoms with van der Waals surface area (Å²) in [7, 11) is 0. The molecule has 1 N–H and O–H groups in total. The fourth-order valence-electron chi connectivity index (χ4n) is 2.10. The van der Waals surface area contributed by atoms with Gasteiger partial charge in [-0.05, 0) is 54.7 Å². The molecule has 0 heterocycles. The number of anilines is 1. The van der Waals surface area contributed by atoms with Crippen molar-refractivity contribution in [3.05, 3.63) is 64.7 Å². The molecule has 2 heteroatoms. The zero-order valence-electron chi connectivity index (χ0n) is 12.4. The molecule has 0 radical (unpaired) electrons. The van der Waals surface area contributed by atoms with Gasteiger partial charge in [0.25, 0.3) is 0 Å². The highest BCUT2D eigenvalue weighted by Gasteiger charge is 2.05. The van der Waals surface area contributed by atoms with Crippen LogP contribution in [0.4, 0.5) is 5.69 Å². The molecule has 0 spiro atoms. The van der Waals surface area contributed by atoms with E-state index < -0.39 is 0 Å². The number of hydrogen-bond acceptors (Lipinski definition) is 1. The Morgan fingerprint density at radius 3 is 2.20 bits per heavy atom. The van der Waals surface area contributed by atoms with E-state index in [-0.39, 0.29) is 5.91 Å². The Kier molecular flexibility index (Phi) is 4.57. The topological polar surface area (TPSA) is 29.1 Å². The first kappa shape index (κ1) is 14.3. The summed E-state index contributed by atoms with van der Waals surface area (Å²) in [6, 6.07) is 14.2. The standard InChI is InChI=1S/C18H21NO/c1-4-15-6-8-16(9-7-15)12-18(20)19-17-10-5-13(2)14(3)11-17/h5-11H,4,12H2,1-3H3,(H,19,20). The van der Waals surface area contributed by atoms with Gasteiger partial charge in [0, 0.05) is 5.69 Å². The van der Waals surface area contributed by atoms with E-state index in [2.05, 4.69) is 38.2 Å². The van der Waals surface area contributed by atoms with E-state index in [0.29, 0.717) is 6.42 Å². The Hall–Kier alpha value is -2.09. The summed E-state index contributed by atoms with van der Waals surface area (Å²) >= 11 is 0. The van der Waals surface area contributed by atoms with Crippen molar-refractivity contribution in [2.24, 2.45) is 0 Å². The Labute approximate surface area is 120 Å². The minimum Gasteiger partial charge on any atom is -0.326 e. The number of nitrogens with one attached hydrogen (secondary N) is 1. The van der Waals surface area contributed by atoms with Crippen LogP contribution in [0.15, 0.2) is 42.5 Å². The molecular formula is C18H21NO. The molecule has 0 aliphatic rings. The van der Waals surface area contributed by atoms with Crippen LogP contribution in [-0.4, -0.2) is 5.91 Å². The van der Waals surface area contributed by atoms with Crippen molar-refractivity contribution >= 4 is 11.6 Å². The fraction of sp³-hybridized carbons (Fsp3) is 0.278. The maximum Gasteiger partial charge on any atom is 0.228 e. The first-order valence-electron chi connectivity index (χ1n) is 7.03. The van der Waals surface area contributed by atoms with Gasteiger partial charge < -0.3 is 5.32 Å². The summed E-state index contributed by atoms with van der Waals surface area (Å²) < 4.78 is 0. The highest BCUT2D eigenvalue weighted by molar-refractivity contribution is 5.92. The van der Waals surface area contributed by atoms with E-state index in [4.69, 9.17) is 0 Å². The normalized spacial score (nSPS) is 10.3. The van der Waals surface area contributed by atoms with Crippen molar-refractivity contribution in [1.29, 1.82) is 0 Å². The maximum absolute atomic E-state index is 12.0. The summed E-state index contributed by atoms with van der Waals surface area (Å²) in [5.41, 5.74) is 5.63. The molecule has 1 amide bonds. The molecule has 2 rings (SSSR count). The molecule has 0 atom stereocenters. The Morgan fingerprint density at radius 2 is 1.60 bits per heavy atom. The van der Waals surface area contributed by atoms with E-state index in [9.17, 15) is 4.79 Å². The molecule has 2 nitrogen and oxygen atoms in total. The van der Waals surface area contributed by atoms with Crippen LogP contribution in [0.1, 0.15) is 29.2 Å². The van der Waals surface area contributed by atoms with E-state index in [1.807, 2.05) is 30.3 Å². The predicted molar refractivity (Wildman–Crippen MR) is 84.1 cm³/mol. The Balaban J connectivity index is 1.99. The second-order valence-electron chi connectivity index (χ2n) is 5.19. The largest absolute Gasteiger partial charge is 0.326 e. The first-order chi connectivity index (χ1) is 9.58. The molecule has 0 aromatic heterocycles. The third-order valence-corrected chi connectivity index (χ3v) is 3.59. The van der Waals surface area contributed by atoms with E-state index in [1.165, 1.54) is 16.7 Å². The highest BCUT2D eigenvalue weighted by Crippen LogP contribution is 2.14. The van der Waals surface area contributed by atoms with Crippen LogP contribution in [-0.2, 0) is 17.6 Å². The summed E-state index contributed by atoms with van der Waals surface area (Å²) in [4.78, 5) is 12.0. The minimum absolute atomic E-state index is 0.0255.